The van der Waals surface area contributed by atoms with Crippen molar-refractivity contribution in [1.29, 1.82) is 0 Å². The van der Waals surface area contributed by atoms with Gasteiger partial charge >= 0.3 is 0 Å². The molecule has 3 nitrogen and oxygen atoms in total. The molecular formula is C14H23NO2. The zero-order valence-corrected chi connectivity index (χ0v) is 11.0. The first kappa shape index (κ1) is 12.7. The van der Waals surface area contributed by atoms with Gasteiger partial charge in [-0.2, -0.15) is 0 Å². The Hall–Kier alpha value is -0.800. The molecule has 2 rings (SSSR count). The molecule has 0 spiro atoms. The highest BCUT2D eigenvalue weighted by molar-refractivity contribution is 5.12. The van der Waals surface area contributed by atoms with E-state index in [1.165, 1.54) is 0 Å². The van der Waals surface area contributed by atoms with Crippen molar-refractivity contribution < 1.29 is 9.15 Å². The number of nitrogens with one attached hydrogen (secondary N) is 1. The summed E-state index contributed by atoms with van der Waals surface area (Å²) in [5.74, 6) is 2.64. The van der Waals surface area contributed by atoms with Gasteiger partial charge in [-0.3, -0.25) is 0 Å². The third-order valence-corrected chi connectivity index (χ3v) is 3.62. The molecule has 0 amide bonds. The minimum atomic E-state index is 0.290. The van der Waals surface area contributed by atoms with Crippen LogP contribution in [0.3, 0.4) is 0 Å². The van der Waals surface area contributed by atoms with Crippen molar-refractivity contribution in [2.24, 2.45) is 5.92 Å². The lowest BCUT2D eigenvalue weighted by Crippen LogP contribution is -2.31. The van der Waals surface area contributed by atoms with E-state index in [1.807, 2.05) is 0 Å². The van der Waals surface area contributed by atoms with Crippen LogP contribution in [0.4, 0.5) is 0 Å². The smallest absolute Gasteiger partial charge is 0.121 e. The van der Waals surface area contributed by atoms with Gasteiger partial charge in [0.2, 0.25) is 0 Å². The number of rotatable bonds is 5. The van der Waals surface area contributed by atoms with E-state index in [-0.39, 0.29) is 6.04 Å². The first-order valence-corrected chi connectivity index (χ1v) is 6.69. The summed E-state index contributed by atoms with van der Waals surface area (Å²) in [4.78, 5) is 0. The van der Waals surface area contributed by atoms with E-state index in [1.54, 1.807) is 0 Å². The summed E-state index contributed by atoms with van der Waals surface area (Å²) in [6, 6.07) is 4.48. The Balaban J connectivity index is 2.15. The molecule has 0 aliphatic carbocycles. The molecule has 0 saturated carbocycles. The highest BCUT2D eigenvalue weighted by Gasteiger charge is 2.33. The van der Waals surface area contributed by atoms with Crippen LogP contribution in [-0.4, -0.2) is 19.3 Å². The van der Waals surface area contributed by atoms with Crippen molar-refractivity contribution in [2.45, 2.75) is 45.8 Å². The van der Waals surface area contributed by atoms with Gasteiger partial charge in [0.25, 0.3) is 0 Å². The van der Waals surface area contributed by atoms with E-state index in [4.69, 9.17) is 9.15 Å². The SMILES string of the molecule is CCNC(c1ccc(CC)o1)C1CCOC1C. The zero-order valence-electron chi connectivity index (χ0n) is 11.0. The molecule has 1 aromatic heterocycles. The monoisotopic (exact) mass is 237 g/mol. The van der Waals surface area contributed by atoms with Crippen LogP contribution in [0.1, 0.15) is 44.8 Å². The third kappa shape index (κ3) is 2.72. The van der Waals surface area contributed by atoms with Crippen LogP contribution in [0.25, 0.3) is 0 Å². The third-order valence-electron chi connectivity index (χ3n) is 3.62. The van der Waals surface area contributed by atoms with E-state index in [9.17, 15) is 0 Å². The van der Waals surface area contributed by atoms with Crippen LogP contribution in [0.2, 0.25) is 0 Å². The fourth-order valence-corrected chi connectivity index (χ4v) is 2.62. The van der Waals surface area contributed by atoms with Gasteiger partial charge in [0.15, 0.2) is 0 Å². The number of aryl methyl sites for hydroxylation is 1. The summed E-state index contributed by atoms with van der Waals surface area (Å²) < 4.78 is 11.6. The maximum atomic E-state index is 5.89. The Morgan fingerprint density at radius 2 is 2.24 bits per heavy atom. The molecule has 3 heteroatoms. The molecule has 1 N–H and O–H groups in total. The Morgan fingerprint density at radius 3 is 2.76 bits per heavy atom. The van der Waals surface area contributed by atoms with Gasteiger partial charge in [0, 0.05) is 18.9 Å². The van der Waals surface area contributed by atoms with Crippen molar-refractivity contribution >= 4 is 0 Å². The van der Waals surface area contributed by atoms with Gasteiger partial charge in [0.05, 0.1) is 12.1 Å². The summed E-state index contributed by atoms with van der Waals surface area (Å²) in [6.45, 7) is 8.24. The molecule has 1 fully saturated rings. The van der Waals surface area contributed by atoms with E-state index in [0.29, 0.717) is 12.0 Å². The second-order valence-electron chi connectivity index (χ2n) is 4.72. The highest BCUT2D eigenvalue weighted by atomic mass is 16.5. The van der Waals surface area contributed by atoms with Gasteiger partial charge in [-0.05, 0) is 32.0 Å². The van der Waals surface area contributed by atoms with Crippen molar-refractivity contribution in [1.82, 2.24) is 5.32 Å². The predicted octanol–water partition coefficient (Wildman–Crippen LogP) is 2.92. The number of furan rings is 1. The van der Waals surface area contributed by atoms with E-state index in [2.05, 4.69) is 38.2 Å². The summed E-state index contributed by atoms with van der Waals surface area (Å²) in [5.41, 5.74) is 0. The predicted molar refractivity (Wildman–Crippen MR) is 68.0 cm³/mol. The Kier molecular flexibility index (Phi) is 4.24. The molecule has 17 heavy (non-hydrogen) atoms. The second-order valence-corrected chi connectivity index (χ2v) is 4.72. The van der Waals surface area contributed by atoms with Crippen LogP contribution in [0.15, 0.2) is 16.5 Å². The van der Waals surface area contributed by atoms with Crippen LogP contribution >= 0.6 is 0 Å². The van der Waals surface area contributed by atoms with E-state index in [0.717, 1.165) is 37.5 Å². The molecule has 0 radical (unpaired) electrons. The average Bonchev–Trinajstić information content (AvgIpc) is 2.95. The minimum absolute atomic E-state index is 0.290. The zero-order chi connectivity index (χ0) is 12.3. The van der Waals surface area contributed by atoms with Crippen molar-refractivity contribution in [3.63, 3.8) is 0 Å². The Labute approximate surface area is 104 Å². The molecule has 1 aliphatic heterocycles. The standard InChI is InChI=1S/C14H23NO2/c1-4-11-6-7-13(17-11)14(15-5-2)12-8-9-16-10(12)3/h6-7,10,12,14-15H,4-5,8-9H2,1-3H3. The van der Waals surface area contributed by atoms with Crippen LogP contribution < -0.4 is 5.32 Å². The summed E-state index contributed by atoms with van der Waals surface area (Å²) >= 11 is 0. The maximum absolute atomic E-state index is 5.89. The van der Waals surface area contributed by atoms with Crippen molar-refractivity contribution in [3.05, 3.63) is 23.7 Å². The molecule has 1 aliphatic rings. The highest BCUT2D eigenvalue weighted by Crippen LogP contribution is 2.34. The maximum Gasteiger partial charge on any atom is 0.121 e. The van der Waals surface area contributed by atoms with E-state index < -0.39 is 0 Å². The number of hydrogen-bond acceptors (Lipinski definition) is 3. The van der Waals surface area contributed by atoms with Crippen LogP contribution in [0.5, 0.6) is 0 Å². The van der Waals surface area contributed by atoms with Gasteiger partial charge in [-0.15, -0.1) is 0 Å². The average molecular weight is 237 g/mol. The van der Waals surface area contributed by atoms with Gasteiger partial charge in [-0.25, -0.2) is 0 Å². The molecule has 96 valence electrons. The van der Waals surface area contributed by atoms with Gasteiger partial charge in [0.1, 0.15) is 11.5 Å². The lowest BCUT2D eigenvalue weighted by atomic mass is 9.92. The second kappa shape index (κ2) is 5.69. The topological polar surface area (TPSA) is 34.4 Å². The first-order valence-electron chi connectivity index (χ1n) is 6.69. The fraction of sp³-hybridized carbons (Fsp3) is 0.714. The molecule has 2 heterocycles. The number of hydrogen-bond donors (Lipinski definition) is 1. The van der Waals surface area contributed by atoms with E-state index >= 15 is 0 Å². The van der Waals surface area contributed by atoms with Crippen molar-refractivity contribution in [2.75, 3.05) is 13.2 Å². The lowest BCUT2D eigenvalue weighted by molar-refractivity contribution is 0.0925. The summed E-state index contributed by atoms with van der Waals surface area (Å²) in [6.07, 6.45) is 2.38. The van der Waals surface area contributed by atoms with Gasteiger partial charge in [-0.1, -0.05) is 13.8 Å². The Morgan fingerprint density at radius 1 is 1.41 bits per heavy atom. The molecule has 3 unspecified atom stereocenters. The number of ether oxygens (including phenoxy) is 1. The van der Waals surface area contributed by atoms with Crippen LogP contribution in [0, 0.1) is 5.92 Å². The molecule has 1 aromatic rings. The van der Waals surface area contributed by atoms with Crippen LogP contribution in [-0.2, 0) is 11.2 Å². The normalized spacial score (nSPS) is 26.3. The molecule has 3 atom stereocenters. The Bertz CT molecular complexity index is 348. The van der Waals surface area contributed by atoms with Gasteiger partial charge < -0.3 is 14.5 Å². The minimum Gasteiger partial charge on any atom is -0.464 e. The quantitative estimate of drug-likeness (QED) is 0.855. The molecular weight excluding hydrogens is 214 g/mol. The molecule has 1 saturated heterocycles. The molecule has 0 aromatic carbocycles. The molecule has 0 bridgehead atoms. The fourth-order valence-electron chi connectivity index (χ4n) is 2.62. The lowest BCUT2D eigenvalue weighted by Gasteiger charge is -2.24. The summed E-state index contributed by atoms with van der Waals surface area (Å²) in [7, 11) is 0. The van der Waals surface area contributed by atoms with Crippen molar-refractivity contribution in [3.8, 4) is 0 Å². The first-order chi connectivity index (χ1) is 8.26. The summed E-state index contributed by atoms with van der Waals surface area (Å²) in [5, 5.41) is 3.53. The largest absolute Gasteiger partial charge is 0.464 e.